The first kappa shape index (κ1) is 14.1. The molecule has 0 amide bonds. The van der Waals surface area contributed by atoms with E-state index in [4.69, 9.17) is 4.74 Å². The van der Waals surface area contributed by atoms with Gasteiger partial charge in [-0.2, -0.15) is 0 Å². The van der Waals surface area contributed by atoms with Crippen LogP contribution in [0.4, 0.5) is 0 Å². The van der Waals surface area contributed by atoms with Gasteiger partial charge in [-0.25, -0.2) is 0 Å². The number of ether oxygens (including phenoxy) is 1. The Morgan fingerprint density at radius 3 is 2.74 bits per heavy atom. The molecule has 3 heteroatoms. The van der Waals surface area contributed by atoms with Crippen molar-refractivity contribution in [2.24, 2.45) is 11.8 Å². The van der Waals surface area contributed by atoms with E-state index in [1.54, 1.807) is 0 Å². The third kappa shape index (κ3) is 4.06. The average Bonchev–Trinajstić information content (AvgIpc) is 2.39. The summed E-state index contributed by atoms with van der Waals surface area (Å²) in [7, 11) is 2.09. The summed E-state index contributed by atoms with van der Waals surface area (Å²) < 4.78 is 5.16. The van der Waals surface area contributed by atoms with Crippen molar-refractivity contribution >= 4 is 5.97 Å². The Labute approximate surface area is 115 Å². The van der Waals surface area contributed by atoms with Gasteiger partial charge in [0.05, 0.1) is 12.5 Å². The van der Waals surface area contributed by atoms with Crippen molar-refractivity contribution in [3.8, 4) is 0 Å². The van der Waals surface area contributed by atoms with Crippen LogP contribution in [0.2, 0.25) is 0 Å². The van der Waals surface area contributed by atoms with E-state index < -0.39 is 0 Å². The lowest BCUT2D eigenvalue weighted by Crippen LogP contribution is -2.42. The van der Waals surface area contributed by atoms with Gasteiger partial charge in [0.15, 0.2) is 0 Å². The van der Waals surface area contributed by atoms with Gasteiger partial charge >= 0.3 is 5.97 Å². The minimum Gasteiger partial charge on any atom is -0.466 e. The second-order valence-electron chi connectivity index (χ2n) is 5.46. The average molecular weight is 261 g/mol. The van der Waals surface area contributed by atoms with Crippen LogP contribution in [0.5, 0.6) is 0 Å². The van der Waals surface area contributed by atoms with Crippen LogP contribution < -0.4 is 0 Å². The monoisotopic (exact) mass is 261 g/mol. The van der Waals surface area contributed by atoms with Crippen molar-refractivity contribution < 1.29 is 9.53 Å². The topological polar surface area (TPSA) is 29.5 Å². The second-order valence-corrected chi connectivity index (χ2v) is 5.46. The van der Waals surface area contributed by atoms with Crippen LogP contribution in [0.1, 0.15) is 18.9 Å². The van der Waals surface area contributed by atoms with Crippen molar-refractivity contribution in [3.63, 3.8) is 0 Å². The molecule has 0 N–H and O–H groups in total. The lowest BCUT2D eigenvalue weighted by molar-refractivity contribution is -0.150. The van der Waals surface area contributed by atoms with Crippen LogP contribution in [-0.4, -0.2) is 37.6 Å². The van der Waals surface area contributed by atoms with Crippen molar-refractivity contribution in [2.75, 3.05) is 26.7 Å². The lowest BCUT2D eigenvalue weighted by Gasteiger charge is -2.34. The van der Waals surface area contributed by atoms with Crippen molar-refractivity contribution in [1.82, 2.24) is 4.90 Å². The highest BCUT2D eigenvalue weighted by Crippen LogP contribution is 2.25. The minimum atomic E-state index is -0.0351. The highest BCUT2D eigenvalue weighted by Gasteiger charge is 2.30. The maximum atomic E-state index is 11.9. The van der Waals surface area contributed by atoms with E-state index in [-0.39, 0.29) is 11.9 Å². The summed E-state index contributed by atoms with van der Waals surface area (Å²) in [5, 5.41) is 0. The molecular formula is C16H23NO2. The molecule has 1 aromatic rings. The van der Waals surface area contributed by atoms with Crippen molar-refractivity contribution in [3.05, 3.63) is 35.9 Å². The fourth-order valence-corrected chi connectivity index (χ4v) is 2.97. The number of likely N-dealkylation sites (tertiary alicyclic amines) is 1. The van der Waals surface area contributed by atoms with Gasteiger partial charge in [0.25, 0.3) is 0 Å². The molecule has 2 unspecified atom stereocenters. The zero-order valence-corrected chi connectivity index (χ0v) is 11.8. The van der Waals surface area contributed by atoms with Crippen LogP contribution in [0.15, 0.2) is 30.3 Å². The predicted octanol–water partition coefficient (Wildman–Crippen LogP) is 2.36. The van der Waals surface area contributed by atoms with E-state index in [0.29, 0.717) is 12.5 Å². The van der Waals surface area contributed by atoms with Gasteiger partial charge in [-0.15, -0.1) is 0 Å². The van der Waals surface area contributed by atoms with Crippen LogP contribution in [-0.2, 0) is 16.0 Å². The summed E-state index contributed by atoms with van der Waals surface area (Å²) in [6, 6.07) is 10.5. The van der Waals surface area contributed by atoms with E-state index in [9.17, 15) is 4.79 Å². The fourth-order valence-electron chi connectivity index (χ4n) is 2.97. The smallest absolute Gasteiger partial charge is 0.310 e. The van der Waals surface area contributed by atoms with Gasteiger partial charge in [0.1, 0.15) is 0 Å². The highest BCUT2D eigenvalue weighted by atomic mass is 16.5. The highest BCUT2D eigenvalue weighted by molar-refractivity contribution is 5.72. The summed E-state index contributed by atoms with van der Waals surface area (Å²) in [5.74, 6) is 0.537. The molecule has 1 heterocycles. The molecule has 0 aliphatic carbocycles. The molecule has 3 nitrogen and oxygen atoms in total. The zero-order chi connectivity index (χ0) is 13.7. The Balaban J connectivity index is 1.96. The largest absolute Gasteiger partial charge is 0.466 e. The molecule has 1 aliphatic heterocycles. The van der Waals surface area contributed by atoms with Crippen molar-refractivity contribution in [2.45, 2.75) is 19.8 Å². The maximum absolute atomic E-state index is 11.9. The molecule has 1 fully saturated rings. The first-order chi connectivity index (χ1) is 9.19. The van der Waals surface area contributed by atoms with Crippen LogP contribution in [0.25, 0.3) is 0 Å². The van der Waals surface area contributed by atoms with E-state index in [1.165, 1.54) is 5.56 Å². The molecule has 0 radical (unpaired) electrons. The molecule has 1 aliphatic rings. The molecule has 0 saturated carbocycles. The van der Waals surface area contributed by atoms with E-state index in [1.807, 2.05) is 13.0 Å². The van der Waals surface area contributed by atoms with Gasteiger partial charge in [-0.3, -0.25) is 4.79 Å². The minimum absolute atomic E-state index is 0.0346. The summed E-state index contributed by atoms with van der Waals surface area (Å²) in [4.78, 5) is 14.1. The fraction of sp³-hybridized carbons (Fsp3) is 0.562. The van der Waals surface area contributed by atoms with Gasteiger partial charge in [-0.1, -0.05) is 30.3 Å². The molecule has 1 saturated heterocycles. The Morgan fingerprint density at radius 1 is 1.32 bits per heavy atom. The number of rotatable bonds is 4. The molecule has 0 aromatic heterocycles. The van der Waals surface area contributed by atoms with E-state index in [0.717, 1.165) is 25.9 Å². The molecule has 19 heavy (non-hydrogen) atoms. The summed E-state index contributed by atoms with van der Waals surface area (Å²) >= 11 is 0. The summed E-state index contributed by atoms with van der Waals surface area (Å²) in [6.07, 6.45) is 1.99. The molecule has 2 atom stereocenters. The van der Waals surface area contributed by atoms with Crippen LogP contribution in [0.3, 0.4) is 0 Å². The number of esters is 1. The van der Waals surface area contributed by atoms with Crippen LogP contribution in [0, 0.1) is 11.8 Å². The number of benzene rings is 1. The maximum Gasteiger partial charge on any atom is 0.310 e. The standard InChI is InChI=1S/C16H23NO2/c1-3-19-16(18)15-10-14(11-17(2)12-15)9-13-7-5-4-6-8-13/h4-8,14-15H,3,9-12H2,1-2H3. The van der Waals surface area contributed by atoms with Gasteiger partial charge in [0.2, 0.25) is 0 Å². The number of hydrogen-bond donors (Lipinski definition) is 0. The third-order valence-corrected chi connectivity index (χ3v) is 3.71. The Bertz CT molecular complexity index is 404. The molecule has 0 bridgehead atoms. The molecule has 1 aromatic carbocycles. The molecule has 0 spiro atoms. The third-order valence-electron chi connectivity index (χ3n) is 3.71. The van der Waals surface area contributed by atoms with Gasteiger partial charge in [-0.05, 0) is 38.3 Å². The first-order valence-corrected chi connectivity index (χ1v) is 7.08. The molecule has 2 rings (SSSR count). The lowest BCUT2D eigenvalue weighted by atomic mass is 9.85. The second kappa shape index (κ2) is 6.71. The SMILES string of the molecule is CCOC(=O)C1CC(Cc2ccccc2)CN(C)C1. The van der Waals surface area contributed by atoms with E-state index in [2.05, 4.69) is 36.2 Å². The zero-order valence-electron chi connectivity index (χ0n) is 11.8. The van der Waals surface area contributed by atoms with E-state index >= 15 is 0 Å². The number of carbonyl (C=O) groups excluding carboxylic acids is 1. The van der Waals surface area contributed by atoms with Crippen LogP contribution >= 0.6 is 0 Å². The van der Waals surface area contributed by atoms with Gasteiger partial charge < -0.3 is 9.64 Å². The Morgan fingerprint density at radius 2 is 2.05 bits per heavy atom. The summed E-state index contributed by atoms with van der Waals surface area (Å²) in [6.45, 7) is 4.23. The normalized spacial score (nSPS) is 24.1. The Kier molecular flexibility index (Phi) is 4.97. The Hall–Kier alpha value is -1.35. The first-order valence-electron chi connectivity index (χ1n) is 7.08. The number of carbonyl (C=O) groups is 1. The number of piperidine rings is 1. The molecular weight excluding hydrogens is 238 g/mol. The number of hydrogen-bond acceptors (Lipinski definition) is 3. The van der Waals surface area contributed by atoms with Crippen molar-refractivity contribution in [1.29, 1.82) is 0 Å². The quantitative estimate of drug-likeness (QED) is 0.779. The predicted molar refractivity (Wildman–Crippen MR) is 75.9 cm³/mol. The summed E-state index contributed by atoms with van der Waals surface area (Å²) in [5.41, 5.74) is 1.35. The van der Waals surface area contributed by atoms with Gasteiger partial charge in [0, 0.05) is 13.1 Å². The molecule has 104 valence electrons. The number of nitrogens with zero attached hydrogens (tertiary/aromatic N) is 1.